The van der Waals surface area contributed by atoms with Gasteiger partial charge in [0.05, 0.1) is 6.61 Å². The average Bonchev–Trinajstić information content (AvgIpc) is 2.31. The summed E-state index contributed by atoms with van der Waals surface area (Å²) in [4.78, 5) is 0.507. The maximum atomic E-state index is 13.8. The van der Waals surface area contributed by atoms with E-state index in [1.54, 1.807) is 0 Å². The Bertz CT molecular complexity index is 441. The highest BCUT2D eigenvalue weighted by atomic mass is 19.4. The lowest BCUT2D eigenvalue weighted by Gasteiger charge is -2.22. The molecule has 0 aromatic heterocycles. The van der Waals surface area contributed by atoms with E-state index in [0.717, 1.165) is 19.2 Å². The number of hydrogen-bond acceptors (Lipinski definition) is 3. The van der Waals surface area contributed by atoms with Crippen molar-refractivity contribution in [2.45, 2.75) is 12.7 Å². The summed E-state index contributed by atoms with van der Waals surface area (Å²) in [7, 11) is 2.51. The molecule has 0 aliphatic rings. The fourth-order valence-corrected chi connectivity index (χ4v) is 1.84. The largest absolute Gasteiger partial charge is 0.405 e. The van der Waals surface area contributed by atoms with Gasteiger partial charge in [-0.25, -0.2) is 8.78 Å². The molecule has 1 rings (SSSR count). The van der Waals surface area contributed by atoms with Gasteiger partial charge in [-0.2, -0.15) is 13.2 Å². The number of alkyl halides is 3. The first-order chi connectivity index (χ1) is 9.74. The van der Waals surface area contributed by atoms with Gasteiger partial charge in [0.25, 0.3) is 0 Å². The fraction of sp³-hybridized carbons (Fsp3) is 0.538. The van der Waals surface area contributed by atoms with Gasteiger partial charge < -0.3 is 15.0 Å². The molecule has 120 valence electrons. The molecule has 0 atom stereocenters. The van der Waals surface area contributed by atoms with Crippen molar-refractivity contribution in [3.8, 4) is 0 Å². The van der Waals surface area contributed by atoms with Gasteiger partial charge in [-0.15, -0.1) is 0 Å². The topological polar surface area (TPSA) is 24.5 Å². The predicted octanol–water partition coefficient (Wildman–Crippen LogP) is 2.70. The smallest absolute Gasteiger partial charge is 0.383 e. The van der Waals surface area contributed by atoms with Crippen LogP contribution in [0, 0.1) is 11.6 Å². The summed E-state index contributed by atoms with van der Waals surface area (Å²) in [5.41, 5.74) is -0.377. The Morgan fingerprint density at radius 1 is 1.19 bits per heavy atom. The molecule has 0 spiro atoms. The van der Waals surface area contributed by atoms with Crippen LogP contribution in [0.5, 0.6) is 0 Å². The van der Waals surface area contributed by atoms with Gasteiger partial charge in [-0.3, -0.25) is 0 Å². The molecule has 0 aliphatic heterocycles. The van der Waals surface area contributed by atoms with Crippen molar-refractivity contribution >= 4 is 5.69 Å². The number of hydrogen-bond donors (Lipinski definition) is 1. The minimum Gasteiger partial charge on any atom is -0.383 e. The average molecular weight is 312 g/mol. The Kier molecular flexibility index (Phi) is 6.35. The molecule has 0 unspecified atom stereocenters. The highest BCUT2D eigenvalue weighted by Crippen LogP contribution is 2.27. The number of halogens is 5. The van der Waals surface area contributed by atoms with Gasteiger partial charge in [0, 0.05) is 27.2 Å². The number of anilines is 1. The zero-order chi connectivity index (χ0) is 16.0. The van der Waals surface area contributed by atoms with Crippen LogP contribution in [0.25, 0.3) is 0 Å². The molecule has 0 fully saturated rings. The molecule has 1 aromatic carbocycles. The number of methoxy groups -OCH3 is 1. The number of benzene rings is 1. The highest BCUT2D eigenvalue weighted by molar-refractivity contribution is 5.50. The zero-order valence-electron chi connectivity index (χ0n) is 11.7. The zero-order valence-corrected chi connectivity index (χ0v) is 11.7. The molecule has 21 heavy (non-hydrogen) atoms. The molecule has 0 aliphatic carbocycles. The van der Waals surface area contributed by atoms with Crippen molar-refractivity contribution in [1.29, 1.82) is 0 Å². The Morgan fingerprint density at radius 3 is 2.24 bits per heavy atom. The van der Waals surface area contributed by atoms with E-state index in [2.05, 4.69) is 5.32 Å². The molecule has 0 heterocycles. The van der Waals surface area contributed by atoms with Crippen LogP contribution < -0.4 is 10.2 Å². The first-order valence-electron chi connectivity index (χ1n) is 6.20. The highest BCUT2D eigenvalue weighted by Gasteiger charge is 2.31. The minimum absolute atomic E-state index is 0.195. The lowest BCUT2D eigenvalue weighted by atomic mass is 10.1. The van der Waals surface area contributed by atoms with E-state index in [0.29, 0.717) is 23.6 Å². The van der Waals surface area contributed by atoms with Crippen molar-refractivity contribution in [2.75, 3.05) is 38.8 Å². The Morgan fingerprint density at radius 2 is 1.76 bits per heavy atom. The third-order valence-corrected chi connectivity index (χ3v) is 2.69. The lowest BCUT2D eigenvalue weighted by molar-refractivity contribution is -0.119. The fourth-order valence-electron chi connectivity index (χ4n) is 1.84. The van der Waals surface area contributed by atoms with Gasteiger partial charge in [0.1, 0.15) is 23.9 Å². The van der Waals surface area contributed by atoms with Crippen LogP contribution in [0.1, 0.15) is 5.56 Å². The van der Waals surface area contributed by atoms with Crippen molar-refractivity contribution in [2.24, 2.45) is 0 Å². The summed E-state index contributed by atoms with van der Waals surface area (Å²) >= 11 is 0. The Balaban J connectivity index is 2.80. The van der Waals surface area contributed by atoms with Crippen LogP contribution in [0.15, 0.2) is 12.1 Å². The second kappa shape index (κ2) is 7.56. The van der Waals surface area contributed by atoms with E-state index in [4.69, 9.17) is 4.74 Å². The van der Waals surface area contributed by atoms with Crippen molar-refractivity contribution < 1.29 is 26.7 Å². The molecule has 0 radical (unpaired) electrons. The number of nitrogens with one attached hydrogen (secondary N) is 1. The van der Waals surface area contributed by atoms with Crippen molar-refractivity contribution in [3.63, 3.8) is 0 Å². The second-order valence-corrected chi connectivity index (χ2v) is 4.55. The van der Waals surface area contributed by atoms with Crippen LogP contribution in [0.3, 0.4) is 0 Å². The van der Waals surface area contributed by atoms with Crippen LogP contribution in [-0.4, -0.2) is 40.0 Å². The van der Waals surface area contributed by atoms with Crippen LogP contribution >= 0.6 is 0 Å². The molecule has 1 N–H and O–H groups in total. The normalized spacial score (nSPS) is 11.8. The van der Waals surface area contributed by atoms with Gasteiger partial charge in [-0.05, 0) is 17.7 Å². The van der Waals surface area contributed by atoms with Gasteiger partial charge >= 0.3 is 6.18 Å². The standard InChI is InChI=1S/C13H17F5N2O/c1-20(8-13(16,17)18)12-10(14)5-9(6-11(12)15)7-19-3-4-21-2/h5-6,19H,3-4,7-8H2,1-2H3. The molecule has 0 saturated heterocycles. The van der Waals surface area contributed by atoms with E-state index < -0.39 is 30.0 Å². The third-order valence-electron chi connectivity index (χ3n) is 2.69. The third kappa shape index (κ3) is 5.84. The summed E-state index contributed by atoms with van der Waals surface area (Å²) in [6.07, 6.45) is -4.53. The van der Waals surface area contributed by atoms with Crippen LogP contribution in [0.4, 0.5) is 27.6 Å². The molecular weight excluding hydrogens is 295 g/mol. The van der Waals surface area contributed by atoms with Crippen molar-refractivity contribution in [3.05, 3.63) is 29.3 Å². The summed E-state index contributed by atoms with van der Waals surface area (Å²) in [5, 5.41) is 2.89. The maximum Gasteiger partial charge on any atom is 0.405 e. The summed E-state index contributed by atoms with van der Waals surface area (Å²) in [6.45, 7) is -0.292. The SMILES string of the molecule is COCCNCc1cc(F)c(N(C)CC(F)(F)F)c(F)c1. The van der Waals surface area contributed by atoms with Gasteiger partial charge in [0.2, 0.25) is 0 Å². The monoisotopic (exact) mass is 312 g/mol. The predicted molar refractivity (Wildman–Crippen MR) is 69.3 cm³/mol. The molecule has 3 nitrogen and oxygen atoms in total. The number of nitrogens with zero attached hydrogens (tertiary/aromatic N) is 1. The van der Waals surface area contributed by atoms with Gasteiger partial charge in [-0.1, -0.05) is 0 Å². The number of ether oxygens (including phenoxy) is 1. The first-order valence-corrected chi connectivity index (χ1v) is 6.20. The molecule has 0 amide bonds. The van der Waals surface area contributed by atoms with E-state index in [-0.39, 0.29) is 6.54 Å². The molecule has 0 saturated carbocycles. The Labute approximate surface area is 119 Å². The second-order valence-electron chi connectivity index (χ2n) is 4.55. The summed E-state index contributed by atoms with van der Waals surface area (Å²) < 4.78 is 69.2. The first kappa shape index (κ1) is 17.6. The van der Waals surface area contributed by atoms with E-state index in [9.17, 15) is 22.0 Å². The van der Waals surface area contributed by atoms with E-state index >= 15 is 0 Å². The van der Waals surface area contributed by atoms with E-state index in [1.165, 1.54) is 7.11 Å². The van der Waals surface area contributed by atoms with Crippen LogP contribution in [0.2, 0.25) is 0 Å². The quantitative estimate of drug-likeness (QED) is 0.619. The molecule has 8 heteroatoms. The molecule has 1 aromatic rings. The maximum absolute atomic E-state index is 13.8. The molecule has 0 bridgehead atoms. The summed E-state index contributed by atoms with van der Waals surface area (Å²) in [5.74, 6) is -2.05. The van der Waals surface area contributed by atoms with E-state index in [1.807, 2.05) is 0 Å². The lowest BCUT2D eigenvalue weighted by Crippen LogP contribution is -2.32. The minimum atomic E-state index is -4.53. The van der Waals surface area contributed by atoms with Crippen molar-refractivity contribution in [1.82, 2.24) is 5.32 Å². The van der Waals surface area contributed by atoms with Gasteiger partial charge in [0.15, 0.2) is 0 Å². The number of rotatable bonds is 7. The van der Waals surface area contributed by atoms with Crippen LogP contribution in [-0.2, 0) is 11.3 Å². The molecular formula is C13H17F5N2O. The Hall–Kier alpha value is -1.41. The summed E-state index contributed by atoms with van der Waals surface area (Å²) in [6, 6.07) is 2.04.